The number of H-pyrrole nitrogens is 1. The smallest absolute Gasteiger partial charge is 0.242 e. The predicted molar refractivity (Wildman–Crippen MR) is 118 cm³/mol. The minimum Gasteiger partial charge on any atom is -0.497 e. The number of nitrogens with one attached hydrogen (secondary N) is 1. The molecule has 2 heterocycles. The molecule has 29 heavy (non-hydrogen) atoms. The molecule has 0 radical (unpaired) electrons. The van der Waals surface area contributed by atoms with Crippen LogP contribution in [0, 0.1) is 0 Å². The molecule has 0 atom stereocenters. The van der Waals surface area contributed by atoms with E-state index < -0.39 is 0 Å². The molecule has 152 valence electrons. The minimum absolute atomic E-state index is 0.217. The number of anilines is 1. The highest BCUT2D eigenvalue weighted by Crippen LogP contribution is 2.34. The number of likely N-dealkylation sites (N-methyl/N-ethyl adjacent to an activating group) is 1. The van der Waals surface area contributed by atoms with Gasteiger partial charge in [0.1, 0.15) is 5.75 Å². The lowest BCUT2D eigenvalue weighted by Gasteiger charge is -2.34. The average molecular weight is 392 g/mol. The number of methoxy groups -OCH3 is 1. The monoisotopic (exact) mass is 391 g/mol. The van der Waals surface area contributed by atoms with Crippen molar-refractivity contribution < 1.29 is 9.53 Å². The van der Waals surface area contributed by atoms with Crippen LogP contribution < -0.4 is 9.64 Å². The Kier molecular flexibility index (Phi) is 5.74. The number of carbonyl (C=O) groups excluding carboxylic acids is 1. The predicted octanol–water partition coefficient (Wildman–Crippen LogP) is 4.41. The number of fused-ring (bicyclic) bond motifs is 1. The standard InChI is InChI=1S/C24H29N3O2/c1-3-26(19-7-5-4-6-8-19)17-24(28)27-13-11-18(12-14-27)22-16-25-23-10-9-20(29-2)15-21(22)23/h4-10,15-16,18,25H,3,11-14,17H2,1-2H3. The summed E-state index contributed by atoms with van der Waals surface area (Å²) in [4.78, 5) is 20.4. The van der Waals surface area contributed by atoms with Crippen LogP contribution in [-0.2, 0) is 4.79 Å². The lowest BCUT2D eigenvalue weighted by molar-refractivity contribution is -0.130. The number of benzene rings is 2. The van der Waals surface area contributed by atoms with Gasteiger partial charge in [-0.05, 0) is 61.6 Å². The number of nitrogens with zero attached hydrogens (tertiary/aromatic N) is 2. The molecule has 5 nitrogen and oxygen atoms in total. The Labute approximate surface area is 172 Å². The van der Waals surface area contributed by atoms with Crippen LogP contribution in [-0.4, -0.2) is 49.1 Å². The molecule has 1 saturated heterocycles. The molecule has 1 aromatic heterocycles. The Bertz CT molecular complexity index is 959. The van der Waals surface area contributed by atoms with E-state index in [1.165, 1.54) is 10.9 Å². The topological polar surface area (TPSA) is 48.6 Å². The van der Waals surface area contributed by atoms with Gasteiger partial charge in [-0.25, -0.2) is 0 Å². The lowest BCUT2D eigenvalue weighted by Crippen LogP contribution is -2.44. The van der Waals surface area contributed by atoms with E-state index in [9.17, 15) is 4.79 Å². The first kappa shape index (κ1) is 19.4. The first-order valence-corrected chi connectivity index (χ1v) is 10.4. The number of aromatic nitrogens is 1. The van der Waals surface area contributed by atoms with Crippen LogP contribution >= 0.6 is 0 Å². The van der Waals surface area contributed by atoms with E-state index in [4.69, 9.17) is 4.74 Å². The van der Waals surface area contributed by atoms with Gasteiger partial charge >= 0.3 is 0 Å². The van der Waals surface area contributed by atoms with Gasteiger partial charge in [-0.2, -0.15) is 0 Å². The Morgan fingerprint density at radius 1 is 1.17 bits per heavy atom. The second kappa shape index (κ2) is 8.60. The van der Waals surface area contributed by atoms with Crippen LogP contribution in [0.2, 0.25) is 0 Å². The number of hydrogen-bond donors (Lipinski definition) is 1. The fraction of sp³-hybridized carbons (Fsp3) is 0.375. The number of rotatable bonds is 6. The fourth-order valence-electron chi connectivity index (χ4n) is 4.31. The van der Waals surface area contributed by atoms with Crippen molar-refractivity contribution in [1.82, 2.24) is 9.88 Å². The summed E-state index contributed by atoms with van der Waals surface area (Å²) in [6.45, 7) is 4.98. The van der Waals surface area contributed by atoms with E-state index in [0.29, 0.717) is 12.5 Å². The molecule has 0 bridgehead atoms. The lowest BCUT2D eigenvalue weighted by atomic mass is 9.89. The van der Waals surface area contributed by atoms with Gasteiger partial charge in [0.15, 0.2) is 0 Å². The maximum Gasteiger partial charge on any atom is 0.242 e. The van der Waals surface area contributed by atoms with Gasteiger partial charge in [0.2, 0.25) is 5.91 Å². The minimum atomic E-state index is 0.217. The van der Waals surface area contributed by atoms with Crippen LogP contribution in [0.1, 0.15) is 31.2 Å². The van der Waals surface area contributed by atoms with Crippen molar-refractivity contribution in [2.45, 2.75) is 25.7 Å². The molecule has 1 N–H and O–H groups in total. The van der Waals surface area contributed by atoms with Crippen molar-refractivity contribution >= 4 is 22.5 Å². The van der Waals surface area contributed by atoms with Gasteiger partial charge in [-0.15, -0.1) is 0 Å². The zero-order chi connectivity index (χ0) is 20.2. The Hall–Kier alpha value is -2.95. The molecule has 5 heteroatoms. The summed E-state index contributed by atoms with van der Waals surface area (Å²) in [5.41, 5.74) is 3.58. The first-order chi connectivity index (χ1) is 14.2. The van der Waals surface area contributed by atoms with Gasteiger partial charge < -0.3 is 19.5 Å². The number of para-hydroxylation sites is 1. The number of ether oxygens (including phenoxy) is 1. The molecule has 0 unspecified atom stereocenters. The summed E-state index contributed by atoms with van der Waals surface area (Å²) in [6, 6.07) is 16.3. The molecular formula is C24H29N3O2. The molecule has 0 saturated carbocycles. The second-order valence-corrected chi connectivity index (χ2v) is 7.66. The first-order valence-electron chi connectivity index (χ1n) is 10.4. The summed E-state index contributed by atoms with van der Waals surface area (Å²) in [5, 5.41) is 1.23. The summed E-state index contributed by atoms with van der Waals surface area (Å²) in [5.74, 6) is 1.57. The molecule has 2 aromatic carbocycles. The van der Waals surface area contributed by atoms with E-state index >= 15 is 0 Å². The fourth-order valence-corrected chi connectivity index (χ4v) is 4.31. The highest BCUT2D eigenvalue weighted by Gasteiger charge is 2.26. The van der Waals surface area contributed by atoms with E-state index in [1.54, 1.807) is 7.11 Å². The molecule has 0 aliphatic carbocycles. The van der Waals surface area contributed by atoms with Crippen molar-refractivity contribution in [2.75, 3.05) is 38.2 Å². The van der Waals surface area contributed by atoms with Crippen molar-refractivity contribution in [3.8, 4) is 5.75 Å². The summed E-state index contributed by atoms with van der Waals surface area (Å²) in [7, 11) is 1.70. The number of likely N-dealkylation sites (tertiary alicyclic amines) is 1. The van der Waals surface area contributed by atoms with Crippen molar-refractivity contribution in [2.24, 2.45) is 0 Å². The molecule has 3 aromatic rings. The van der Waals surface area contributed by atoms with Gasteiger partial charge in [0, 0.05) is 42.4 Å². The quantitative estimate of drug-likeness (QED) is 0.677. The van der Waals surface area contributed by atoms with Crippen LogP contribution in [0.15, 0.2) is 54.7 Å². The molecule has 1 aliphatic rings. The molecule has 1 amide bonds. The summed E-state index contributed by atoms with van der Waals surface area (Å²) >= 11 is 0. The average Bonchev–Trinajstić information content (AvgIpc) is 3.21. The maximum atomic E-state index is 12.9. The van der Waals surface area contributed by atoms with E-state index in [1.807, 2.05) is 29.2 Å². The van der Waals surface area contributed by atoms with E-state index in [0.717, 1.165) is 49.4 Å². The molecule has 1 fully saturated rings. The van der Waals surface area contributed by atoms with E-state index in [-0.39, 0.29) is 5.91 Å². The number of piperidine rings is 1. The van der Waals surface area contributed by atoms with Crippen LogP contribution in [0.4, 0.5) is 5.69 Å². The SMILES string of the molecule is CCN(CC(=O)N1CCC(c2c[nH]c3ccc(OC)cc23)CC1)c1ccccc1. The maximum absolute atomic E-state index is 12.9. The van der Waals surface area contributed by atoms with E-state index in [2.05, 4.69) is 47.3 Å². The summed E-state index contributed by atoms with van der Waals surface area (Å²) in [6.07, 6.45) is 4.11. The van der Waals surface area contributed by atoms with Crippen molar-refractivity contribution in [3.05, 3.63) is 60.3 Å². The highest BCUT2D eigenvalue weighted by molar-refractivity contribution is 5.85. The largest absolute Gasteiger partial charge is 0.497 e. The molecule has 0 spiro atoms. The number of hydrogen-bond acceptors (Lipinski definition) is 3. The molecular weight excluding hydrogens is 362 g/mol. The Morgan fingerprint density at radius 2 is 1.93 bits per heavy atom. The summed E-state index contributed by atoms with van der Waals surface area (Å²) < 4.78 is 5.40. The van der Waals surface area contributed by atoms with Gasteiger partial charge in [-0.1, -0.05) is 18.2 Å². The number of amides is 1. The highest BCUT2D eigenvalue weighted by atomic mass is 16.5. The van der Waals surface area contributed by atoms with Crippen LogP contribution in [0.5, 0.6) is 5.75 Å². The Morgan fingerprint density at radius 3 is 2.62 bits per heavy atom. The van der Waals surface area contributed by atoms with Gasteiger partial charge in [0.25, 0.3) is 0 Å². The van der Waals surface area contributed by atoms with Crippen LogP contribution in [0.3, 0.4) is 0 Å². The number of aromatic amines is 1. The third-order valence-corrected chi connectivity index (χ3v) is 6.04. The zero-order valence-corrected chi connectivity index (χ0v) is 17.2. The molecule has 4 rings (SSSR count). The Balaban J connectivity index is 1.40. The van der Waals surface area contributed by atoms with Crippen molar-refractivity contribution in [1.29, 1.82) is 0 Å². The van der Waals surface area contributed by atoms with Gasteiger partial charge in [0.05, 0.1) is 13.7 Å². The molecule has 1 aliphatic heterocycles. The third-order valence-electron chi connectivity index (χ3n) is 6.04. The normalized spacial score (nSPS) is 14.9. The van der Waals surface area contributed by atoms with Gasteiger partial charge in [-0.3, -0.25) is 4.79 Å². The number of carbonyl (C=O) groups is 1. The van der Waals surface area contributed by atoms with Crippen molar-refractivity contribution in [3.63, 3.8) is 0 Å². The third kappa shape index (κ3) is 4.09. The zero-order valence-electron chi connectivity index (χ0n) is 17.2. The van der Waals surface area contributed by atoms with Crippen LogP contribution in [0.25, 0.3) is 10.9 Å². The second-order valence-electron chi connectivity index (χ2n) is 7.66.